The molecule has 52 valence electrons. The summed E-state index contributed by atoms with van der Waals surface area (Å²) in [6, 6.07) is 0. The number of aliphatic imine (C=N–C) groups is 1. The zero-order valence-electron chi connectivity index (χ0n) is 5.02. The molecule has 0 aromatic heterocycles. The number of hydrogen-bond donors (Lipinski definition) is 1. The average Bonchev–Trinajstić information content (AvgIpc) is 2.33. The van der Waals surface area contributed by atoms with Crippen LogP contribution < -0.4 is 0 Å². The number of rotatable bonds is 0. The van der Waals surface area contributed by atoms with Crippen molar-refractivity contribution < 1.29 is 9.84 Å². The molecule has 1 atom stereocenters. The molecule has 0 saturated carbocycles. The van der Waals surface area contributed by atoms with Gasteiger partial charge in [0.05, 0.1) is 5.70 Å². The molecule has 0 fully saturated rings. The van der Waals surface area contributed by atoms with E-state index in [1.165, 1.54) is 18.2 Å². The van der Waals surface area contributed by atoms with Gasteiger partial charge in [0.2, 0.25) is 0 Å². The lowest BCUT2D eigenvalue weighted by Crippen LogP contribution is -2.04. The van der Waals surface area contributed by atoms with Gasteiger partial charge in [-0.3, -0.25) is 0 Å². The minimum absolute atomic E-state index is 0.0316. The third-order valence-corrected chi connectivity index (χ3v) is 2.21. The Kier molecular flexibility index (Phi) is 1.20. The zero-order valence-corrected chi connectivity index (χ0v) is 5.84. The van der Waals surface area contributed by atoms with E-state index in [0.29, 0.717) is 0 Å². The van der Waals surface area contributed by atoms with Gasteiger partial charge in [0.15, 0.2) is 11.8 Å². The molecule has 2 aliphatic rings. The van der Waals surface area contributed by atoms with Gasteiger partial charge in [-0.15, -0.1) is 0 Å². The molecule has 2 aliphatic heterocycles. The Labute approximate surface area is 62.1 Å². The van der Waals surface area contributed by atoms with Gasteiger partial charge in [-0.25, -0.2) is 4.99 Å². The van der Waals surface area contributed by atoms with Crippen molar-refractivity contribution in [3.8, 4) is 0 Å². The quantitative estimate of drug-likeness (QED) is 0.575. The van der Waals surface area contributed by atoms with Crippen LogP contribution in [0.5, 0.6) is 0 Å². The van der Waals surface area contributed by atoms with Gasteiger partial charge in [0.25, 0.3) is 0 Å². The van der Waals surface area contributed by atoms with E-state index in [0.717, 1.165) is 5.70 Å². The third-order valence-electron chi connectivity index (χ3n) is 1.24. The Morgan fingerprint density at radius 1 is 1.70 bits per heavy atom. The van der Waals surface area contributed by atoms with Crippen molar-refractivity contribution in [1.29, 1.82) is 0 Å². The molecule has 3 nitrogen and oxygen atoms in total. The van der Waals surface area contributed by atoms with Gasteiger partial charge in [-0.1, -0.05) is 11.8 Å². The second-order valence-electron chi connectivity index (χ2n) is 1.95. The van der Waals surface area contributed by atoms with E-state index in [1.807, 2.05) is 0 Å². The van der Waals surface area contributed by atoms with E-state index in [-0.39, 0.29) is 11.2 Å². The van der Waals surface area contributed by atoms with E-state index < -0.39 is 0 Å². The predicted molar refractivity (Wildman–Crippen MR) is 39.8 cm³/mol. The molecular formula is C6H5NO2S. The van der Waals surface area contributed by atoms with Crippen molar-refractivity contribution in [2.45, 2.75) is 5.44 Å². The summed E-state index contributed by atoms with van der Waals surface area (Å²) in [7, 11) is 0. The molecule has 0 aromatic rings. The number of allylic oxidation sites excluding steroid dienone is 1. The van der Waals surface area contributed by atoms with Crippen molar-refractivity contribution in [3.05, 3.63) is 22.9 Å². The fourth-order valence-electron chi connectivity index (χ4n) is 0.801. The third kappa shape index (κ3) is 0.806. The number of nitrogens with zero attached hydrogens (tertiary/aromatic N) is 1. The maximum absolute atomic E-state index is 8.99. The van der Waals surface area contributed by atoms with Gasteiger partial charge in [0.1, 0.15) is 5.76 Å². The second-order valence-corrected chi connectivity index (χ2v) is 2.89. The van der Waals surface area contributed by atoms with E-state index in [1.54, 1.807) is 11.5 Å². The van der Waals surface area contributed by atoms with Crippen LogP contribution >= 0.6 is 11.8 Å². The smallest absolute Gasteiger partial charge is 0.191 e. The van der Waals surface area contributed by atoms with Crippen LogP contribution in [0.25, 0.3) is 0 Å². The van der Waals surface area contributed by atoms with Crippen LogP contribution in [0.4, 0.5) is 0 Å². The molecule has 0 aromatic carbocycles. The molecule has 2 rings (SSSR count). The number of hydrogen-bond acceptors (Lipinski definition) is 4. The van der Waals surface area contributed by atoms with Gasteiger partial charge in [-0.2, -0.15) is 0 Å². The summed E-state index contributed by atoms with van der Waals surface area (Å²) in [6.07, 6.45) is 3.00. The fraction of sp³-hybridized carbons (Fsp3) is 0.167. The van der Waals surface area contributed by atoms with Crippen LogP contribution in [0.15, 0.2) is 27.9 Å². The van der Waals surface area contributed by atoms with Crippen molar-refractivity contribution in [3.63, 3.8) is 0 Å². The van der Waals surface area contributed by atoms with Crippen LogP contribution in [-0.4, -0.2) is 16.9 Å². The summed E-state index contributed by atoms with van der Waals surface area (Å²) in [6.45, 7) is 0. The van der Waals surface area contributed by atoms with E-state index in [4.69, 9.17) is 9.84 Å². The summed E-state index contributed by atoms with van der Waals surface area (Å²) >= 11 is 1.41. The van der Waals surface area contributed by atoms with Crippen LogP contribution in [0.3, 0.4) is 0 Å². The number of aliphatic hydroxyl groups is 1. The van der Waals surface area contributed by atoms with Crippen LogP contribution in [0.2, 0.25) is 0 Å². The van der Waals surface area contributed by atoms with Crippen molar-refractivity contribution in [1.82, 2.24) is 0 Å². The number of aliphatic hydroxyl groups excluding tert-OH is 1. The predicted octanol–water partition coefficient (Wildman–Crippen LogP) is 1.40. The molecule has 0 radical (unpaired) electrons. The first-order chi connectivity index (χ1) is 4.86. The Bertz CT molecular complexity index is 244. The molecule has 0 saturated heterocycles. The highest BCUT2D eigenvalue weighted by Gasteiger charge is 2.22. The summed E-state index contributed by atoms with van der Waals surface area (Å²) in [5, 5.41) is 10.6. The molecule has 2 heterocycles. The monoisotopic (exact) mass is 155 g/mol. The van der Waals surface area contributed by atoms with Gasteiger partial charge in [0, 0.05) is 11.5 Å². The molecule has 1 N–H and O–H groups in total. The fourth-order valence-corrected chi connectivity index (χ4v) is 1.51. The van der Waals surface area contributed by atoms with Crippen molar-refractivity contribution in [2.24, 2.45) is 4.99 Å². The molecule has 0 amide bonds. The van der Waals surface area contributed by atoms with Gasteiger partial charge >= 0.3 is 0 Å². The van der Waals surface area contributed by atoms with E-state index in [2.05, 4.69) is 4.99 Å². The number of ether oxygens (including phenoxy) is 1. The maximum Gasteiger partial charge on any atom is 0.191 e. The maximum atomic E-state index is 8.99. The number of fused-ring (bicyclic) bond motifs is 1. The number of thioether (sulfide) groups is 1. The van der Waals surface area contributed by atoms with Gasteiger partial charge in [-0.05, 0) is 0 Å². The Morgan fingerprint density at radius 2 is 2.60 bits per heavy atom. The first-order valence-electron chi connectivity index (χ1n) is 2.80. The van der Waals surface area contributed by atoms with Crippen LogP contribution in [-0.2, 0) is 4.74 Å². The Hall–Kier alpha value is -0.900. The normalized spacial score (nSPS) is 28.6. The van der Waals surface area contributed by atoms with Crippen molar-refractivity contribution in [2.75, 3.05) is 0 Å². The molecular weight excluding hydrogens is 150 g/mol. The minimum Gasteiger partial charge on any atom is -0.507 e. The first kappa shape index (κ1) is 5.85. The average molecular weight is 155 g/mol. The molecule has 10 heavy (non-hydrogen) atoms. The second kappa shape index (κ2) is 2.05. The molecule has 0 aliphatic carbocycles. The lowest BCUT2D eigenvalue weighted by Gasteiger charge is -2.10. The minimum atomic E-state index is -0.0316. The van der Waals surface area contributed by atoms with Crippen LogP contribution in [0.1, 0.15) is 0 Å². The lowest BCUT2D eigenvalue weighted by atomic mass is 10.4. The highest BCUT2D eigenvalue weighted by molar-refractivity contribution is 8.02. The van der Waals surface area contributed by atoms with Crippen LogP contribution in [0, 0.1) is 0 Å². The molecule has 4 heteroatoms. The standard InChI is InChI=1S/C6H5NO2S/c8-4-1-5-6(10-2-4)9-3-7-5/h1-3,6,8H. The Balaban J connectivity index is 2.31. The van der Waals surface area contributed by atoms with Gasteiger partial charge < -0.3 is 9.84 Å². The summed E-state index contributed by atoms with van der Waals surface area (Å²) in [5.41, 5.74) is 0.751. The highest BCUT2D eigenvalue weighted by atomic mass is 32.2. The summed E-state index contributed by atoms with van der Waals surface area (Å²) in [4.78, 5) is 3.90. The topological polar surface area (TPSA) is 41.8 Å². The largest absolute Gasteiger partial charge is 0.507 e. The Morgan fingerprint density at radius 3 is 3.50 bits per heavy atom. The van der Waals surface area contributed by atoms with Crippen molar-refractivity contribution >= 4 is 18.2 Å². The zero-order chi connectivity index (χ0) is 6.97. The van der Waals surface area contributed by atoms with E-state index in [9.17, 15) is 0 Å². The van der Waals surface area contributed by atoms with E-state index >= 15 is 0 Å². The highest BCUT2D eigenvalue weighted by Crippen LogP contribution is 2.31. The SMILES string of the molecule is OC1=CSC2OC=NC2=C1. The summed E-state index contributed by atoms with van der Waals surface area (Å²) in [5.74, 6) is 0.249. The molecule has 1 unspecified atom stereocenters. The lowest BCUT2D eigenvalue weighted by molar-refractivity contribution is 0.342. The summed E-state index contributed by atoms with van der Waals surface area (Å²) < 4.78 is 5.05. The molecule has 0 bridgehead atoms. The molecule has 0 spiro atoms. The first-order valence-corrected chi connectivity index (χ1v) is 3.75.